The molecule has 0 N–H and O–H groups in total. The summed E-state index contributed by atoms with van der Waals surface area (Å²) < 4.78 is 40.0. The normalized spacial score (nSPS) is 13.3. The first kappa shape index (κ1) is 19.5. The van der Waals surface area contributed by atoms with Crippen molar-refractivity contribution < 1.29 is 22.7 Å². The Labute approximate surface area is 172 Å². The van der Waals surface area contributed by atoms with Crippen LogP contribution in [-0.4, -0.2) is 44.4 Å². The number of carbonyl (C=O) groups excluding carboxylic acids is 1. The highest BCUT2D eigenvalue weighted by molar-refractivity contribution is 7.93. The SMILES string of the molecule is Cc1cc(C)n(C(=O)c2sccc2S(=O)(=O)N(C)c2ccc3c(c2)OCCO3)n1. The van der Waals surface area contributed by atoms with Gasteiger partial charge < -0.3 is 9.47 Å². The number of ether oxygens (including phenoxy) is 2. The molecule has 0 fully saturated rings. The van der Waals surface area contributed by atoms with E-state index in [0.717, 1.165) is 15.6 Å². The van der Waals surface area contributed by atoms with E-state index >= 15 is 0 Å². The lowest BCUT2D eigenvalue weighted by Crippen LogP contribution is -2.28. The molecule has 0 radical (unpaired) electrons. The summed E-state index contributed by atoms with van der Waals surface area (Å²) in [5.74, 6) is 0.585. The molecule has 0 spiro atoms. The molecule has 1 aromatic carbocycles. The Morgan fingerprint density at radius 3 is 2.55 bits per heavy atom. The highest BCUT2D eigenvalue weighted by Gasteiger charge is 2.30. The fourth-order valence-corrected chi connectivity index (χ4v) is 5.61. The van der Waals surface area contributed by atoms with Crippen LogP contribution in [0.3, 0.4) is 0 Å². The summed E-state index contributed by atoms with van der Waals surface area (Å²) in [5, 5.41) is 5.76. The summed E-state index contributed by atoms with van der Waals surface area (Å²) in [5.41, 5.74) is 1.74. The van der Waals surface area contributed by atoms with Crippen molar-refractivity contribution in [1.82, 2.24) is 9.78 Å². The second-order valence-electron chi connectivity index (χ2n) is 6.56. The zero-order chi connectivity index (χ0) is 20.8. The second-order valence-corrected chi connectivity index (χ2v) is 9.41. The van der Waals surface area contributed by atoms with Gasteiger partial charge in [0.1, 0.15) is 23.0 Å². The van der Waals surface area contributed by atoms with Gasteiger partial charge in [-0.25, -0.2) is 13.1 Å². The van der Waals surface area contributed by atoms with E-state index < -0.39 is 15.9 Å². The van der Waals surface area contributed by atoms with E-state index in [9.17, 15) is 13.2 Å². The molecule has 0 saturated carbocycles. The van der Waals surface area contributed by atoms with Crippen LogP contribution in [0.15, 0.2) is 40.6 Å². The molecule has 8 nitrogen and oxygen atoms in total. The number of sulfonamides is 1. The fourth-order valence-electron chi connectivity index (χ4n) is 3.10. The number of thiophene rings is 1. The van der Waals surface area contributed by atoms with Crippen molar-refractivity contribution in [3.63, 3.8) is 0 Å². The number of aromatic nitrogens is 2. The van der Waals surface area contributed by atoms with Crippen LogP contribution in [-0.2, 0) is 10.0 Å². The number of fused-ring (bicyclic) bond motifs is 1. The number of carbonyl (C=O) groups is 1. The minimum absolute atomic E-state index is 0.0579. The molecule has 152 valence electrons. The third-order valence-corrected chi connectivity index (χ3v) is 7.41. The number of anilines is 1. The molecule has 0 bridgehead atoms. The molecule has 10 heteroatoms. The molecule has 0 aliphatic carbocycles. The second kappa shape index (κ2) is 7.20. The number of hydrogen-bond acceptors (Lipinski definition) is 7. The van der Waals surface area contributed by atoms with Gasteiger partial charge in [-0.3, -0.25) is 9.10 Å². The van der Waals surface area contributed by atoms with Gasteiger partial charge in [0.25, 0.3) is 15.9 Å². The summed E-state index contributed by atoms with van der Waals surface area (Å²) in [6, 6.07) is 8.13. The van der Waals surface area contributed by atoms with Crippen molar-refractivity contribution in [2.45, 2.75) is 18.7 Å². The maximum absolute atomic E-state index is 13.3. The first-order chi connectivity index (χ1) is 13.8. The predicted octanol–water partition coefficient (Wildman–Crippen LogP) is 2.85. The molecular formula is C19H19N3O5S2. The number of benzene rings is 1. The van der Waals surface area contributed by atoms with Gasteiger partial charge in [0, 0.05) is 18.8 Å². The van der Waals surface area contributed by atoms with E-state index in [4.69, 9.17) is 9.47 Å². The van der Waals surface area contributed by atoms with Crippen LogP contribution < -0.4 is 13.8 Å². The van der Waals surface area contributed by atoms with Gasteiger partial charge in [0.2, 0.25) is 0 Å². The number of aryl methyl sites for hydroxylation is 2. The lowest BCUT2D eigenvalue weighted by atomic mass is 10.2. The molecule has 0 amide bonds. The van der Waals surface area contributed by atoms with E-state index in [-0.39, 0.29) is 9.77 Å². The topological polar surface area (TPSA) is 90.7 Å². The number of rotatable bonds is 4. The molecule has 1 aliphatic rings. The average molecular weight is 434 g/mol. The summed E-state index contributed by atoms with van der Waals surface area (Å²) in [6.45, 7) is 4.38. The third-order valence-electron chi connectivity index (χ3n) is 4.55. The molecule has 0 atom stereocenters. The molecule has 3 heterocycles. The van der Waals surface area contributed by atoms with Crippen molar-refractivity contribution in [2.24, 2.45) is 0 Å². The van der Waals surface area contributed by atoms with Crippen molar-refractivity contribution in [1.29, 1.82) is 0 Å². The van der Waals surface area contributed by atoms with Gasteiger partial charge in [0.15, 0.2) is 11.5 Å². The molecule has 2 aromatic heterocycles. The van der Waals surface area contributed by atoms with Crippen molar-refractivity contribution >= 4 is 33.0 Å². The van der Waals surface area contributed by atoms with E-state index in [1.54, 1.807) is 43.5 Å². The van der Waals surface area contributed by atoms with Crippen LogP contribution in [0, 0.1) is 13.8 Å². The number of hydrogen-bond donors (Lipinski definition) is 0. The lowest BCUT2D eigenvalue weighted by Gasteiger charge is -2.23. The van der Waals surface area contributed by atoms with Crippen LogP contribution >= 0.6 is 11.3 Å². The fraction of sp³-hybridized carbons (Fsp3) is 0.263. The third kappa shape index (κ3) is 3.38. The Morgan fingerprint density at radius 2 is 1.86 bits per heavy atom. The average Bonchev–Trinajstić information content (AvgIpc) is 3.33. The Bertz CT molecular complexity index is 1200. The lowest BCUT2D eigenvalue weighted by molar-refractivity contribution is 0.0943. The van der Waals surface area contributed by atoms with E-state index in [2.05, 4.69) is 5.10 Å². The van der Waals surface area contributed by atoms with Crippen LogP contribution in [0.25, 0.3) is 0 Å². The molecule has 3 aromatic rings. The van der Waals surface area contributed by atoms with Gasteiger partial charge in [-0.1, -0.05) is 0 Å². The zero-order valence-corrected chi connectivity index (χ0v) is 17.7. The molecule has 4 rings (SSSR count). The zero-order valence-electron chi connectivity index (χ0n) is 16.1. The summed E-state index contributed by atoms with van der Waals surface area (Å²) >= 11 is 1.07. The van der Waals surface area contributed by atoms with Gasteiger partial charge in [0.05, 0.1) is 11.4 Å². The van der Waals surface area contributed by atoms with E-state index in [1.807, 2.05) is 0 Å². The number of nitrogens with zero attached hydrogens (tertiary/aromatic N) is 3. The first-order valence-electron chi connectivity index (χ1n) is 8.83. The summed E-state index contributed by atoms with van der Waals surface area (Å²) in [4.78, 5) is 13.0. The van der Waals surface area contributed by atoms with E-state index in [1.165, 1.54) is 17.8 Å². The first-order valence-corrected chi connectivity index (χ1v) is 11.1. The Balaban J connectivity index is 1.71. The van der Waals surface area contributed by atoms with Gasteiger partial charge in [-0.2, -0.15) is 5.10 Å². The Kier molecular flexibility index (Phi) is 4.83. The minimum atomic E-state index is -3.98. The van der Waals surface area contributed by atoms with Gasteiger partial charge in [-0.05, 0) is 43.5 Å². The quantitative estimate of drug-likeness (QED) is 0.628. The summed E-state index contributed by atoms with van der Waals surface area (Å²) in [6.07, 6.45) is 0. The van der Waals surface area contributed by atoms with Crippen LogP contribution in [0.1, 0.15) is 21.1 Å². The summed E-state index contributed by atoms with van der Waals surface area (Å²) in [7, 11) is -2.54. The van der Waals surface area contributed by atoms with Gasteiger partial charge in [-0.15, -0.1) is 11.3 Å². The highest BCUT2D eigenvalue weighted by Crippen LogP contribution is 2.36. The van der Waals surface area contributed by atoms with Crippen LogP contribution in [0.5, 0.6) is 11.5 Å². The Morgan fingerprint density at radius 1 is 1.14 bits per heavy atom. The molecule has 0 unspecified atom stereocenters. The maximum atomic E-state index is 13.3. The molecule has 0 saturated heterocycles. The standard InChI is InChI=1S/C19H19N3O5S2/c1-12-10-13(2)22(20-12)19(23)18-17(6-9-28-18)29(24,25)21(3)14-4-5-15-16(11-14)27-8-7-26-15/h4-6,9-11H,7-8H2,1-3H3. The van der Waals surface area contributed by atoms with Crippen molar-refractivity contribution in [2.75, 3.05) is 24.6 Å². The van der Waals surface area contributed by atoms with E-state index in [0.29, 0.717) is 41.8 Å². The maximum Gasteiger partial charge on any atom is 0.289 e. The van der Waals surface area contributed by atoms with Crippen LogP contribution in [0.2, 0.25) is 0 Å². The van der Waals surface area contributed by atoms with Gasteiger partial charge >= 0.3 is 0 Å². The molecular weight excluding hydrogens is 414 g/mol. The smallest absolute Gasteiger partial charge is 0.289 e. The molecule has 29 heavy (non-hydrogen) atoms. The monoisotopic (exact) mass is 433 g/mol. The minimum Gasteiger partial charge on any atom is -0.486 e. The van der Waals surface area contributed by atoms with Crippen molar-refractivity contribution in [3.8, 4) is 11.5 Å². The molecule has 1 aliphatic heterocycles. The highest BCUT2D eigenvalue weighted by atomic mass is 32.2. The predicted molar refractivity (Wildman–Crippen MR) is 109 cm³/mol. The van der Waals surface area contributed by atoms with Crippen molar-refractivity contribution in [3.05, 3.63) is 52.0 Å². The Hall–Kier alpha value is -2.85. The largest absolute Gasteiger partial charge is 0.486 e. The van der Waals surface area contributed by atoms with Crippen LogP contribution in [0.4, 0.5) is 5.69 Å².